The second-order valence-corrected chi connectivity index (χ2v) is 3.92. The lowest BCUT2D eigenvalue weighted by molar-refractivity contribution is -0.167. The fourth-order valence-corrected chi connectivity index (χ4v) is 1.37. The first-order valence-electron chi connectivity index (χ1n) is 4.96. The van der Waals surface area contributed by atoms with E-state index in [9.17, 15) is 18.0 Å². The van der Waals surface area contributed by atoms with Crippen LogP contribution in [-0.4, -0.2) is 17.1 Å². The van der Waals surface area contributed by atoms with Crippen molar-refractivity contribution in [2.24, 2.45) is 0 Å². The highest BCUT2D eigenvalue weighted by Gasteiger charge is 2.39. The maximum absolute atomic E-state index is 12.0. The molecule has 0 atom stereocenters. The van der Waals surface area contributed by atoms with Crippen LogP contribution < -0.4 is 5.32 Å². The average Bonchev–Trinajstić information content (AvgIpc) is 2.77. The number of oxazole rings is 1. The molecule has 0 unspecified atom stereocenters. The molecule has 0 aliphatic rings. The molecule has 0 aliphatic carbocycles. The topological polar surface area (TPSA) is 55.1 Å². The number of nitrogens with one attached hydrogen (secondary N) is 1. The van der Waals surface area contributed by atoms with Crippen LogP contribution in [0.1, 0.15) is 0 Å². The van der Waals surface area contributed by atoms with Gasteiger partial charge in [-0.3, -0.25) is 10.1 Å². The normalized spacial score (nSPS) is 11.4. The van der Waals surface area contributed by atoms with Gasteiger partial charge in [-0.1, -0.05) is 11.6 Å². The van der Waals surface area contributed by atoms with E-state index in [0.717, 1.165) is 6.20 Å². The predicted octanol–water partition coefficient (Wildman–Crippen LogP) is 3.50. The van der Waals surface area contributed by atoms with Crippen LogP contribution in [0, 0.1) is 0 Å². The van der Waals surface area contributed by atoms with Crippen molar-refractivity contribution in [3.8, 4) is 11.5 Å². The van der Waals surface area contributed by atoms with Crippen LogP contribution in [0.4, 0.5) is 19.1 Å². The lowest BCUT2D eigenvalue weighted by Gasteiger charge is -2.04. The molecule has 1 amide bonds. The molecule has 0 spiro atoms. The summed E-state index contributed by atoms with van der Waals surface area (Å²) in [5.74, 6) is -2.42. The van der Waals surface area contributed by atoms with Gasteiger partial charge in [-0.05, 0) is 24.3 Å². The molecule has 1 aromatic heterocycles. The maximum atomic E-state index is 12.0. The van der Waals surface area contributed by atoms with E-state index >= 15 is 0 Å². The number of nitrogens with zero attached hydrogens (tertiary/aromatic N) is 1. The molecular formula is C11H6ClF3N2O2. The summed E-state index contributed by atoms with van der Waals surface area (Å²) in [6, 6.07) is 6.33. The molecule has 1 heterocycles. The zero-order valence-corrected chi connectivity index (χ0v) is 9.92. The third-order valence-electron chi connectivity index (χ3n) is 2.09. The number of hydrogen-bond donors (Lipinski definition) is 1. The molecule has 0 saturated carbocycles. The van der Waals surface area contributed by atoms with Gasteiger partial charge in [0.25, 0.3) is 0 Å². The molecule has 1 aromatic carbocycles. The zero-order valence-electron chi connectivity index (χ0n) is 9.16. The minimum Gasteiger partial charge on any atom is -0.420 e. The largest absolute Gasteiger partial charge is 0.471 e. The lowest BCUT2D eigenvalue weighted by Crippen LogP contribution is -2.29. The predicted molar refractivity (Wildman–Crippen MR) is 61.6 cm³/mol. The minimum absolute atomic E-state index is 0.0779. The summed E-state index contributed by atoms with van der Waals surface area (Å²) in [6.07, 6.45) is -3.99. The Hall–Kier alpha value is -2.02. The van der Waals surface area contributed by atoms with Crippen molar-refractivity contribution in [1.82, 2.24) is 4.98 Å². The van der Waals surface area contributed by atoms with Gasteiger partial charge in [-0.15, -0.1) is 0 Å². The Morgan fingerprint density at radius 1 is 1.26 bits per heavy atom. The molecule has 0 radical (unpaired) electrons. The van der Waals surface area contributed by atoms with Crippen molar-refractivity contribution in [3.63, 3.8) is 0 Å². The van der Waals surface area contributed by atoms with Crippen LogP contribution in [-0.2, 0) is 4.79 Å². The molecule has 0 aliphatic heterocycles. The molecule has 2 rings (SSSR count). The van der Waals surface area contributed by atoms with Crippen molar-refractivity contribution < 1.29 is 22.4 Å². The molecular weight excluding hydrogens is 285 g/mol. The van der Waals surface area contributed by atoms with Gasteiger partial charge in [0.1, 0.15) is 0 Å². The van der Waals surface area contributed by atoms with Gasteiger partial charge in [0.2, 0.25) is 11.8 Å². The van der Waals surface area contributed by atoms with Crippen LogP contribution in [0.3, 0.4) is 0 Å². The molecule has 1 N–H and O–H groups in total. The Balaban J connectivity index is 2.16. The van der Waals surface area contributed by atoms with Crippen LogP contribution in [0.5, 0.6) is 0 Å². The first-order chi connectivity index (χ1) is 8.86. The third-order valence-corrected chi connectivity index (χ3v) is 2.34. The fraction of sp³-hybridized carbons (Fsp3) is 0.0909. The zero-order chi connectivity index (χ0) is 14.0. The molecule has 2 aromatic rings. The van der Waals surface area contributed by atoms with E-state index in [0.29, 0.717) is 10.6 Å². The highest BCUT2D eigenvalue weighted by molar-refractivity contribution is 6.30. The summed E-state index contributed by atoms with van der Waals surface area (Å²) < 4.78 is 41.0. The van der Waals surface area contributed by atoms with Crippen molar-refractivity contribution in [2.75, 3.05) is 5.32 Å². The van der Waals surface area contributed by atoms with E-state index in [-0.39, 0.29) is 11.8 Å². The second kappa shape index (κ2) is 4.93. The van der Waals surface area contributed by atoms with Crippen molar-refractivity contribution in [3.05, 3.63) is 35.5 Å². The van der Waals surface area contributed by atoms with Gasteiger partial charge in [-0.2, -0.15) is 13.2 Å². The number of anilines is 1. The standard InChI is InChI=1S/C11H6ClF3N2O2/c12-7-3-1-6(2-4-7)9-16-5-8(19-9)17-10(18)11(13,14)15/h1-5H,(H,17,18). The Morgan fingerprint density at radius 2 is 1.89 bits per heavy atom. The Morgan fingerprint density at radius 3 is 2.47 bits per heavy atom. The van der Waals surface area contributed by atoms with E-state index < -0.39 is 12.1 Å². The van der Waals surface area contributed by atoms with Crippen LogP contribution >= 0.6 is 11.6 Å². The Labute approximate surface area is 110 Å². The third kappa shape index (κ3) is 3.25. The number of amides is 1. The van der Waals surface area contributed by atoms with Crippen molar-refractivity contribution >= 4 is 23.4 Å². The van der Waals surface area contributed by atoms with Gasteiger partial charge in [0, 0.05) is 10.6 Å². The Kier molecular flexibility index (Phi) is 3.48. The summed E-state index contributed by atoms with van der Waals surface area (Å²) in [5.41, 5.74) is 0.525. The van der Waals surface area contributed by atoms with Gasteiger partial charge in [-0.25, -0.2) is 4.98 Å². The average molecular weight is 291 g/mol. The second-order valence-electron chi connectivity index (χ2n) is 3.49. The summed E-state index contributed by atoms with van der Waals surface area (Å²) in [6.45, 7) is 0. The number of carbonyl (C=O) groups excluding carboxylic acids is 1. The monoisotopic (exact) mass is 290 g/mol. The first kappa shape index (κ1) is 13.4. The molecule has 100 valence electrons. The number of benzene rings is 1. The van der Waals surface area contributed by atoms with E-state index in [1.54, 1.807) is 29.6 Å². The number of aromatic nitrogens is 1. The van der Waals surface area contributed by atoms with Gasteiger partial charge in [0.15, 0.2) is 0 Å². The van der Waals surface area contributed by atoms with Crippen LogP contribution in [0.2, 0.25) is 5.02 Å². The summed E-state index contributed by atoms with van der Waals surface area (Å²) >= 11 is 5.69. The van der Waals surface area contributed by atoms with E-state index in [1.807, 2.05) is 0 Å². The highest BCUT2D eigenvalue weighted by Crippen LogP contribution is 2.24. The number of halogens is 4. The highest BCUT2D eigenvalue weighted by atomic mass is 35.5. The smallest absolute Gasteiger partial charge is 0.420 e. The summed E-state index contributed by atoms with van der Waals surface area (Å²) in [5, 5.41) is 2.07. The number of rotatable bonds is 2. The van der Waals surface area contributed by atoms with Gasteiger partial charge in [0.05, 0.1) is 6.20 Å². The molecule has 19 heavy (non-hydrogen) atoms. The van der Waals surface area contributed by atoms with Crippen molar-refractivity contribution in [1.29, 1.82) is 0 Å². The lowest BCUT2D eigenvalue weighted by atomic mass is 10.2. The van der Waals surface area contributed by atoms with E-state index in [1.165, 1.54) is 0 Å². The minimum atomic E-state index is -4.98. The van der Waals surface area contributed by atoms with E-state index in [4.69, 9.17) is 16.0 Å². The Bertz CT molecular complexity index is 593. The van der Waals surface area contributed by atoms with Crippen molar-refractivity contribution in [2.45, 2.75) is 6.18 Å². The summed E-state index contributed by atoms with van der Waals surface area (Å²) in [7, 11) is 0. The quantitative estimate of drug-likeness (QED) is 0.921. The fourth-order valence-electron chi connectivity index (χ4n) is 1.24. The van der Waals surface area contributed by atoms with Crippen LogP contribution in [0.15, 0.2) is 34.9 Å². The molecule has 0 saturated heterocycles. The molecule has 8 heteroatoms. The SMILES string of the molecule is O=C(Nc1cnc(-c2ccc(Cl)cc2)o1)C(F)(F)F. The molecule has 0 fully saturated rings. The summed E-state index contributed by atoms with van der Waals surface area (Å²) in [4.78, 5) is 14.4. The number of hydrogen-bond acceptors (Lipinski definition) is 3. The number of carbonyl (C=O) groups is 1. The maximum Gasteiger partial charge on any atom is 0.471 e. The van der Waals surface area contributed by atoms with Crippen LogP contribution in [0.25, 0.3) is 11.5 Å². The molecule has 0 bridgehead atoms. The molecule has 4 nitrogen and oxygen atoms in total. The first-order valence-corrected chi connectivity index (χ1v) is 5.34. The van der Waals surface area contributed by atoms with Gasteiger partial charge < -0.3 is 4.42 Å². The number of alkyl halides is 3. The van der Waals surface area contributed by atoms with Gasteiger partial charge >= 0.3 is 12.1 Å². The van der Waals surface area contributed by atoms with E-state index in [2.05, 4.69) is 4.98 Å².